The molecule has 6 aromatic rings. The molecule has 4 aromatic heterocycles. The summed E-state index contributed by atoms with van der Waals surface area (Å²) >= 11 is 10.9. The van der Waals surface area contributed by atoms with Crippen LogP contribution in [0, 0.1) is 13.8 Å². The number of hydrogen-bond donors (Lipinski definition) is 3. The molecule has 2 amide bonds. The molecule has 0 aliphatic carbocycles. The highest BCUT2D eigenvalue weighted by Gasteiger charge is 2.33. The molecule has 81 heavy (non-hydrogen) atoms. The third kappa shape index (κ3) is 15.2. The number of likely N-dealkylation sites (tertiary alicyclic amines) is 2. The third-order valence-electron chi connectivity index (χ3n) is 15.1. The number of aromatic nitrogens is 6. The molecule has 0 spiro atoms. The molecule has 2 aliphatic rings. The van der Waals surface area contributed by atoms with E-state index in [4.69, 9.17) is 19.8 Å². The molecule has 0 saturated carbocycles. The molecule has 6 heterocycles. The second-order valence-electron chi connectivity index (χ2n) is 25.7. The van der Waals surface area contributed by atoms with Gasteiger partial charge in [0.1, 0.15) is 24.6 Å². The highest BCUT2D eigenvalue weighted by molar-refractivity contribution is 9.11. The maximum atomic E-state index is 13.1. The number of piperidine rings is 2. The Morgan fingerprint density at radius 1 is 0.568 bits per heavy atom. The number of aliphatic carboxylic acids is 1. The van der Waals surface area contributed by atoms with E-state index >= 15 is 0 Å². The molecule has 16 nitrogen and oxygen atoms in total. The number of aryl methyl sites for hydroxylation is 2. The summed E-state index contributed by atoms with van der Waals surface area (Å²) in [6.07, 6.45) is 3.26. The highest BCUT2D eigenvalue weighted by atomic mass is 79.9. The lowest BCUT2D eigenvalue weighted by atomic mass is 9.78. The lowest BCUT2D eigenvalue weighted by Gasteiger charge is -2.31. The fourth-order valence-corrected chi connectivity index (χ4v) is 14.0. The number of esters is 1. The van der Waals surface area contributed by atoms with Gasteiger partial charge in [-0.25, -0.2) is 9.97 Å². The summed E-state index contributed by atoms with van der Waals surface area (Å²) in [4.78, 5) is 62.6. The minimum atomic E-state index is -0.940. The maximum Gasteiger partial charge on any atom is 0.311 e. The number of carboxylic acids is 1. The Hall–Kier alpha value is -5.44. The van der Waals surface area contributed by atoms with Crippen molar-refractivity contribution in [1.82, 2.24) is 39.3 Å². The van der Waals surface area contributed by atoms with Crippen molar-refractivity contribution < 1.29 is 39.2 Å². The molecule has 2 aliphatic heterocycles. The summed E-state index contributed by atoms with van der Waals surface area (Å²) in [5.41, 5.74) is 9.21. The van der Waals surface area contributed by atoms with Gasteiger partial charge in [-0.2, -0.15) is 10.2 Å². The predicted octanol–water partition coefficient (Wildman–Crippen LogP) is 12.9. The van der Waals surface area contributed by atoms with Crippen LogP contribution in [-0.2, 0) is 71.5 Å². The number of phenols is 2. The van der Waals surface area contributed by atoms with Crippen LogP contribution in [0.2, 0.25) is 0 Å². The van der Waals surface area contributed by atoms with Gasteiger partial charge < -0.3 is 29.9 Å². The van der Waals surface area contributed by atoms with E-state index in [1.807, 2.05) is 29.7 Å². The molecule has 8 rings (SSSR count). The first-order valence-corrected chi connectivity index (χ1v) is 30.8. The van der Waals surface area contributed by atoms with E-state index in [-0.39, 0.29) is 77.2 Å². The normalized spacial score (nSPS) is 15.0. The van der Waals surface area contributed by atoms with E-state index in [9.17, 15) is 29.4 Å². The van der Waals surface area contributed by atoms with Crippen molar-refractivity contribution in [2.24, 2.45) is 0 Å². The van der Waals surface area contributed by atoms with Gasteiger partial charge in [-0.3, -0.25) is 28.5 Å². The monoisotopic (exact) mass is 1270 g/mol. The number of rotatable bonds is 12. The summed E-state index contributed by atoms with van der Waals surface area (Å²) < 4.78 is 9.92. The van der Waals surface area contributed by atoms with E-state index in [0.29, 0.717) is 49.1 Å². The Morgan fingerprint density at radius 2 is 0.889 bits per heavy atom. The number of hydrogen-bond acceptors (Lipinski definition) is 13. The fraction of sp³-hybridized carbons (Fsp3) is 0.541. The van der Waals surface area contributed by atoms with Gasteiger partial charge in [0.25, 0.3) is 0 Å². The van der Waals surface area contributed by atoms with Crippen LogP contribution in [0.15, 0.2) is 44.0 Å². The Labute approximate surface area is 502 Å². The molecule has 438 valence electrons. The third-order valence-corrected chi connectivity index (χ3v) is 18.9. The quantitative estimate of drug-likeness (QED) is 0.0979. The largest absolute Gasteiger partial charge is 0.507 e. The summed E-state index contributed by atoms with van der Waals surface area (Å²) in [6, 6.07) is 11.8. The molecule has 20 heteroatoms. The lowest BCUT2D eigenvalue weighted by molar-refractivity contribution is -0.140. The first-order valence-electron chi connectivity index (χ1n) is 27.6. The summed E-state index contributed by atoms with van der Waals surface area (Å²) in [5.74, 6) is -0.0325. The number of carbonyl (C=O) groups excluding carboxylic acids is 3. The molecule has 2 fully saturated rings. The van der Waals surface area contributed by atoms with E-state index < -0.39 is 5.97 Å². The van der Waals surface area contributed by atoms with Crippen LogP contribution in [0.3, 0.4) is 0 Å². The molecule has 0 atom stereocenters. The smallest absolute Gasteiger partial charge is 0.311 e. The number of ether oxygens (including phenoxy) is 1. The average molecular weight is 1280 g/mol. The number of benzene rings is 2. The minimum Gasteiger partial charge on any atom is -0.507 e. The van der Waals surface area contributed by atoms with Crippen LogP contribution in [-0.4, -0.2) is 112 Å². The molecule has 2 saturated heterocycles. The number of halogens is 2. The predicted molar refractivity (Wildman–Crippen MR) is 327 cm³/mol. The zero-order chi connectivity index (χ0) is 59.8. The van der Waals surface area contributed by atoms with Crippen molar-refractivity contribution in [2.45, 2.75) is 182 Å². The van der Waals surface area contributed by atoms with Crippen molar-refractivity contribution in [3.05, 3.63) is 99.0 Å². The van der Waals surface area contributed by atoms with Crippen LogP contribution in [0.1, 0.15) is 176 Å². The van der Waals surface area contributed by atoms with Crippen LogP contribution in [0.25, 0.3) is 22.5 Å². The van der Waals surface area contributed by atoms with Gasteiger partial charge in [-0.1, -0.05) is 83.1 Å². The summed E-state index contributed by atoms with van der Waals surface area (Å²) in [7, 11) is 1.35. The van der Waals surface area contributed by atoms with Gasteiger partial charge in [0.2, 0.25) is 11.8 Å². The van der Waals surface area contributed by atoms with E-state index in [2.05, 4.69) is 149 Å². The number of aromatic hydroxyl groups is 2. The number of carbonyl (C=O) groups is 4. The van der Waals surface area contributed by atoms with E-state index in [1.165, 1.54) is 7.11 Å². The molecule has 0 radical (unpaired) electrons. The first kappa shape index (κ1) is 63.1. The lowest BCUT2D eigenvalue weighted by Crippen LogP contribution is -2.40. The van der Waals surface area contributed by atoms with Crippen molar-refractivity contribution in [1.29, 1.82) is 0 Å². The second kappa shape index (κ2) is 24.8. The van der Waals surface area contributed by atoms with Gasteiger partial charge in [0, 0.05) is 82.8 Å². The Morgan fingerprint density at radius 3 is 1.19 bits per heavy atom. The number of nitrogens with zero attached hydrogens (tertiary/aromatic N) is 8. The van der Waals surface area contributed by atoms with E-state index in [0.717, 1.165) is 99.4 Å². The van der Waals surface area contributed by atoms with Crippen LogP contribution >= 0.6 is 54.5 Å². The number of methoxy groups -OCH3 is 1. The summed E-state index contributed by atoms with van der Waals surface area (Å²) in [6.45, 7) is 31.9. The number of thiazole rings is 2. The molecular weight excluding hydrogens is 1200 g/mol. The molecular formula is C61H80Br2N8O8S2. The highest BCUT2D eigenvalue weighted by Crippen LogP contribution is 2.47. The number of amides is 2. The van der Waals surface area contributed by atoms with Crippen LogP contribution < -0.4 is 0 Å². The van der Waals surface area contributed by atoms with Gasteiger partial charge in [0.15, 0.2) is 0 Å². The van der Waals surface area contributed by atoms with Crippen molar-refractivity contribution >= 4 is 78.3 Å². The molecule has 3 N–H and O–H groups in total. The number of carboxylic acid groups (broad SMARTS) is 1. The van der Waals surface area contributed by atoms with Crippen LogP contribution in [0.5, 0.6) is 11.5 Å². The second-order valence-corrected chi connectivity index (χ2v) is 30.4. The Bertz CT molecular complexity index is 3230. The van der Waals surface area contributed by atoms with E-state index in [1.54, 1.807) is 38.1 Å². The Kier molecular flexibility index (Phi) is 19.3. The van der Waals surface area contributed by atoms with Gasteiger partial charge in [0.05, 0.1) is 60.3 Å². The minimum absolute atomic E-state index is 0.0129. The SMILES string of the molecule is COC(=O)Cc1cc(C)n(CC(=O)N2CCC(c3nc(-c4cc(C(C)(C)C)c(O)c(C(C)(C)C)c4)c(Br)s3)CC2)n1.Cc1cc(CC(=O)O)nn1CC(=O)N1CCC(c2nc(-c3cc(C(C)(C)C)c(O)c(C(C)(C)C)c3)c(Br)s2)CC1. The topological polar surface area (TPSA) is 206 Å². The van der Waals surface area contributed by atoms with Crippen molar-refractivity contribution in [2.75, 3.05) is 33.3 Å². The fourth-order valence-electron chi connectivity index (χ4n) is 10.4. The Balaban J connectivity index is 0.000000234. The first-order chi connectivity index (χ1) is 37.6. The molecule has 0 bridgehead atoms. The average Bonchev–Trinajstić information content (AvgIpc) is 4.38. The van der Waals surface area contributed by atoms with Gasteiger partial charge in [-0.15, -0.1) is 22.7 Å². The van der Waals surface area contributed by atoms with Crippen molar-refractivity contribution in [3.63, 3.8) is 0 Å². The van der Waals surface area contributed by atoms with Gasteiger partial charge in [-0.05, 0) is 129 Å². The summed E-state index contributed by atoms with van der Waals surface area (Å²) in [5, 5.41) is 42.1. The molecule has 0 unspecified atom stereocenters. The zero-order valence-electron chi connectivity index (χ0n) is 49.6. The van der Waals surface area contributed by atoms with Crippen molar-refractivity contribution in [3.8, 4) is 34.0 Å². The maximum absolute atomic E-state index is 13.1. The standard InChI is InChI=1S/C31H41BrN4O4S.C30H39BrN4O4S/c1-18-13-21(16-25(38)40-8)34-36(18)17-24(37)35-11-9-19(10-12-35)29-33-26(28(32)41-29)20-14-22(30(2,3)4)27(39)23(15-20)31(5,6)7;1-17-12-20(15-24(37)38)33-35(17)16-23(36)34-10-8-18(9-11-34)28-32-25(27(31)40-28)19-13-21(29(2,3)4)26(39)22(14-19)30(5,6)7/h13-15,19,39H,9-12,16-17H2,1-8H3;12-14,18,39H,8-11,15-16H2,1-7H3,(H,37,38). The van der Waals surface area contributed by atoms with Gasteiger partial charge >= 0.3 is 11.9 Å². The zero-order valence-corrected chi connectivity index (χ0v) is 54.4. The van der Waals surface area contributed by atoms with Crippen LogP contribution in [0.4, 0.5) is 0 Å². The molecule has 2 aromatic carbocycles. The number of phenolic OH excluding ortho intramolecular Hbond substituents is 2.